The minimum absolute atomic E-state index is 0.426. The normalized spacial score (nSPS) is 12.3. The summed E-state index contributed by atoms with van der Waals surface area (Å²) in [5.74, 6) is -1.14. The first-order valence-electron chi connectivity index (χ1n) is 5.31. The number of carboxylic acid groups (broad SMARTS) is 1. The van der Waals surface area contributed by atoms with Crippen LogP contribution in [0.5, 0.6) is 0 Å². The highest BCUT2D eigenvalue weighted by molar-refractivity contribution is 8.00. The maximum atomic E-state index is 10.7. The van der Waals surface area contributed by atoms with E-state index in [0.717, 1.165) is 23.0 Å². The molecule has 0 fully saturated rings. The number of thioether (sulfide) groups is 1. The highest BCUT2D eigenvalue weighted by Crippen LogP contribution is 2.22. The summed E-state index contributed by atoms with van der Waals surface area (Å²) in [6.45, 7) is 3.52. The second-order valence-corrected chi connectivity index (χ2v) is 5.10. The number of benzene rings is 1. The summed E-state index contributed by atoms with van der Waals surface area (Å²) in [4.78, 5) is 10.7. The van der Waals surface area contributed by atoms with E-state index < -0.39 is 11.2 Å². The van der Waals surface area contributed by atoms with E-state index in [2.05, 4.69) is 15.5 Å². The number of carbonyl (C=O) groups is 1. The van der Waals surface area contributed by atoms with Crippen LogP contribution >= 0.6 is 11.8 Å². The van der Waals surface area contributed by atoms with Crippen LogP contribution in [0.4, 0.5) is 0 Å². The molecule has 0 saturated heterocycles. The van der Waals surface area contributed by atoms with Crippen LogP contribution in [-0.4, -0.2) is 31.4 Å². The highest BCUT2D eigenvalue weighted by atomic mass is 32.2. The van der Waals surface area contributed by atoms with Crippen molar-refractivity contribution >= 4 is 17.7 Å². The lowest BCUT2D eigenvalue weighted by molar-refractivity contribution is -0.304. The van der Waals surface area contributed by atoms with E-state index >= 15 is 0 Å². The Morgan fingerprint density at radius 1 is 1.39 bits per heavy atom. The fourth-order valence-corrected chi connectivity index (χ4v) is 2.04. The van der Waals surface area contributed by atoms with Gasteiger partial charge in [0.1, 0.15) is 0 Å². The molecule has 94 valence electrons. The van der Waals surface area contributed by atoms with Gasteiger partial charge in [0.2, 0.25) is 5.16 Å². The van der Waals surface area contributed by atoms with Crippen LogP contribution in [0.25, 0.3) is 5.69 Å². The zero-order valence-electron chi connectivity index (χ0n) is 9.90. The minimum atomic E-state index is -1.14. The number of carboxylic acids is 1. The number of aliphatic carboxylic acids is 1. The molecule has 2 aromatic rings. The van der Waals surface area contributed by atoms with Gasteiger partial charge in [-0.3, -0.25) is 0 Å². The number of hydrogen-bond donors (Lipinski definition) is 0. The van der Waals surface area contributed by atoms with Gasteiger partial charge in [-0.1, -0.05) is 29.5 Å². The molecule has 1 aromatic heterocycles. The summed E-state index contributed by atoms with van der Waals surface area (Å²) in [6.07, 6.45) is 0. The lowest BCUT2D eigenvalue weighted by Gasteiger charge is -2.11. The standard InChI is InChI=1S/C11H12N4O2S/c1-7-3-5-9(6-4-7)15-11(12-13-14-15)18-8(2)10(16)17/h3-6,8H,1-2H3,(H,16,17)/p-1/t8-/m0/s1. The number of rotatable bonds is 4. The molecule has 2 rings (SSSR count). The average Bonchev–Trinajstić information content (AvgIpc) is 2.78. The molecule has 1 heterocycles. The first kappa shape index (κ1) is 12.6. The third-order valence-corrected chi connectivity index (χ3v) is 3.34. The molecule has 1 aromatic carbocycles. The maximum Gasteiger partial charge on any atom is 0.214 e. The number of nitrogens with zero attached hydrogens (tertiary/aromatic N) is 4. The smallest absolute Gasteiger partial charge is 0.214 e. The van der Waals surface area contributed by atoms with Crippen molar-refractivity contribution in [3.63, 3.8) is 0 Å². The molecule has 1 atom stereocenters. The van der Waals surface area contributed by atoms with E-state index in [1.165, 1.54) is 11.6 Å². The van der Waals surface area contributed by atoms with E-state index in [0.29, 0.717) is 5.16 Å². The number of tetrazole rings is 1. The molecular weight excluding hydrogens is 252 g/mol. The molecule has 0 spiro atoms. The molecule has 0 aliphatic carbocycles. The predicted octanol–water partition coefficient (Wildman–Crippen LogP) is 0.201. The SMILES string of the molecule is Cc1ccc(-n2nnnc2S[C@@H](C)C(=O)[O-])cc1. The zero-order chi connectivity index (χ0) is 13.1. The Morgan fingerprint density at radius 3 is 2.67 bits per heavy atom. The Labute approximate surface area is 108 Å². The van der Waals surface area contributed by atoms with Crippen molar-refractivity contribution in [2.45, 2.75) is 24.3 Å². The number of carbonyl (C=O) groups excluding carboxylic acids is 1. The zero-order valence-corrected chi connectivity index (χ0v) is 10.7. The molecule has 0 aliphatic heterocycles. The first-order valence-corrected chi connectivity index (χ1v) is 6.19. The third-order valence-electron chi connectivity index (χ3n) is 2.33. The summed E-state index contributed by atoms with van der Waals surface area (Å²) in [5, 5.41) is 21.6. The topological polar surface area (TPSA) is 83.7 Å². The Morgan fingerprint density at radius 2 is 2.06 bits per heavy atom. The molecule has 0 saturated carbocycles. The van der Waals surface area contributed by atoms with E-state index in [-0.39, 0.29) is 0 Å². The molecule has 6 nitrogen and oxygen atoms in total. The summed E-state index contributed by atoms with van der Waals surface area (Å²) in [7, 11) is 0. The van der Waals surface area contributed by atoms with Crippen molar-refractivity contribution in [2.75, 3.05) is 0 Å². The van der Waals surface area contributed by atoms with Gasteiger partial charge in [-0.25, -0.2) is 0 Å². The van der Waals surface area contributed by atoms with Crippen molar-refractivity contribution < 1.29 is 9.90 Å². The van der Waals surface area contributed by atoms with Gasteiger partial charge in [-0.05, 0) is 36.4 Å². The molecule has 0 radical (unpaired) electrons. The Bertz CT molecular complexity index is 552. The van der Waals surface area contributed by atoms with Crippen LogP contribution in [0.2, 0.25) is 0 Å². The number of aromatic nitrogens is 4. The van der Waals surface area contributed by atoms with Gasteiger partial charge in [0.15, 0.2) is 0 Å². The van der Waals surface area contributed by atoms with Gasteiger partial charge in [-0.2, -0.15) is 4.68 Å². The fraction of sp³-hybridized carbons (Fsp3) is 0.273. The quantitative estimate of drug-likeness (QED) is 0.733. The van der Waals surface area contributed by atoms with E-state index in [1.807, 2.05) is 31.2 Å². The Hall–Kier alpha value is -1.89. The molecule has 0 unspecified atom stereocenters. The van der Waals surface area contributed by atoms with Crippen LogP contribution < -0.4 is 5.11 Å². The van der Waals surface area contributed by atoms with Crippen molar-refractivity contribution in [3.8, 4) is 5.69 Å². The molecule has 7 heteroatoms. The number of hydrogen-bond acceptors (Lipinski definition) is 6. The van der Waals surface area contributed by atoms with Gasteiger partial charge < -0.3 is 9.90 Å². The van der Waals surface area contributed by atoms with E-state index in [4.69, 9.17) is 0 Å². The van der Waals surface area contributed by atoms with Crippen LogP contribution in [0.15, 0.2) is 29.4 Å². The Balaban J connectivity index is 2.27. The van der Waals surface area contributed by atoms with Crippen LogP contribution in [-0.2, 0) is 4.79 Å². The van der Waals surface area contributed by atoms with Gasteiger partial charge >= 0.3 is 0 Å². The lowest BCUT2D eigenvalue weighted by atomic mass is 10.2. The van der Waals surface area contributed by atoms with Crippen LogP contribution in [0.1, 0.15) is 12.5 Å². The first-order chi connectivity index (χ1) is 8.58. The van der Waals surface area contributed by atoms with E-state index in [9.17, 15) is 9.90 Å². The molecule has 0 bridgehead atoms. The monoisotopic (exact) mass is 263 g/mol. The molecule has 0 aliphatic rings. The summed E-state index contributed by atoms with van der Waals surface area (Å²) < 4.78 is 1.50. The summed E-state index contributed by atoms with van der Waals surface area (Å²) in [5.41, 5.74) is 1.92. The third kappa shape index (κ3) is 2.67. The highest BCUT2D eigenvalue weighted by Gasteiger charge is 2.13. The second kappa shape index (κ2) is 5.18. The van der Waals surface area contributed by atoms with E-state index in [1.54, 1.807) is 0 Å². The van der Waals surface area contributed by atoms with Crippen LogP contribution in [0, 0.1) is 6.92 Å². The molecular formula is C11H11N4O2S-. The second-order valence-electron chi connectivity index (χ2n) is 3.79. The minimum Gasteiger partial charge on any atom is -0.549 e. The molecule has 0 amide bonds. The molecule has 18 heavy (non-hydrogen) atoms. The number of aryl methyl sites for hydroxylation is 1. The van der Waals surface area contributed by atoms with Gasteiger partial charge in [0.25, 0.3) is 0 Å². The van der Waals surface area contributed by atoms with Gasteiger partial charge in [-0.15, -0.1) is 5.10 Å². The summed E-state index contributed by atoms with van der Waals surface area (Å²) >= 11 is 1.05. The molecule has 0 N–H and O–H groups in total. The van der Waals surface area contributed by atoms with Gasteiger partial charge in [0.05, 0.1) is 11.7 Å². The van der Waals surface area contributed by atoms with Crippen molar-refractivity contribution in [3.05, 3.63) is 29.8 Å². The average molecular weight is 263 g/mol. The largest absolute Gasteiger partial charge is 0.549 e. The van der Waals surface area contributed by atoms with Crippen LogP contribution in [0.3, 0.4) is 0 Å². The van der Waals surface area contributed by atoms with Crippen molar-refractivity contribution in [2.24, 2.45) is 0 Å². The van der Waals surface area contributed by atoms with Crippen molar-refractivity contribution in [1.29, 1.82) is 0 Å². The summed E-state index contributed by atoms with van der Waals surface area (Å²) in [6, 6.07) is 7.63. The fourth-order valence-electron chi connectivity index (χ4n) is 1.31. The lowest BCUT2D eigenvalue weighted by Crippen LogP contribution is -2.31. The predicted molar refractivity (Wildman–Crippen MR) is 64.2 cm³/mol. The van der Waals surface area contributed by atoms with Gasteiger partial charge in [0, 0.05) is 5.25 Å². The van der Waals surface area contributed by atoms with Crippen molar-refractivity contribution in [1.82, 2.24) is 20.2 Å². The maximum absolute atomic E-state index is 10.7. The Kier molecular flexibility index (Phi) is 3.61.